The Labute approximate surface area is 120 Å². The molecule has 1 fully saturated rings. The van der Waals surface area contributed by atoms with Gasteiger partial charge in [0.1, 0.15) is 0 Å². The molecule has 3 rings (SSSR count). The fraction of sp³-hybridized carbons (Fsp3) is 0.562. The summed E-state index contributed by atoms with van der Waals surface area (Å²) in [7, 11) is 0. The number of nitrogens with zero attached hydrogens (tertiary/aromatic N) is 2. The zero-order chi connectivity index (χ0) is 13.9. The average molecular weight is 273 g/mol. The van der Waals surface area contributed by atoms with E-state index in [0.717, 1.165) is 38.8 Å². The summed E-state index contributed by atoms with van der Waals surface area (Å²) in [6.45, 7) is 2.92. The van der Waals surface area contributed by atoms with Crippen LogP contribution in [0, 0.1) is 0 Å². The third kappa shape index (κ3) is 2.52. The van der Waals surface area contributed by atoms with Gasteiger partial charge in [0.05, 0.1) is 6.54 Å². The minimum absolute atomic E-state index is 0.248. The first-order valence-corrected chi connectivity index (χ1v) is 7.62. The maximum atomic E-state index is 12.4. The molecule has 4 heteroatoms. The quantitative estimate of drug-likeness (QED) is 0.905. The van der Waals surface area contributed by atoms with Crippen molar-refractivity contribution in [2.75, 3.05) is 31.1 Å². The van der Waals surface area contributed by atoms with Crippen molar-refractivity contribution in [1.82, 2.24) is 4.90 Å². The molecular weight excluding hydrogens is 250 g/mol. The van der Waals surface area contributed by atoms with Gasteiger partial charge in [-0.25, -0.2) is 0 Å². The molecule has 1 atom stereocenters. The summed E-state index contributed by atoms with van der Waals surface area (Å²) in [5.41, 5.74) is 8.45. The molecule has 2 aliphatic heterocycles. The summed E-state index contributed by atoms with van der Waals surface area (Å²) in [5.74, 6) is 0.248. The number of likely N-dealkylation sites (tertiary alicyclic amines) is 1. The highest BCUT2D eigenvalue weighted by Gasteiger charge is 2.28. The highest BCUT2D eigenvalue weighted by Crippen LogP contribution is 2.30. The van der Waals surface area contributed by atoms with Crippen molar-refractivity contribution in [3.05, 3.63) is 29.8 Å². The van der Waals surface area contributed by atoms with Gasteiger partial charge in [-0.05, 0) is 37.3 Å². The lowest BCUT2D eigenvalue weighted by Gasteiger charge is -2.38. The Morgan fingerprint density at radius 2 is 2.00 bits per heavy atom. The molecule has 2 N–H and O–H groups in total. The fourth-order valence-electron chi connectivity index (χ4n) is 3.35. The third-order valence-electron chi connectivity index (χ3n) is 4.53. The lowest BCUT2D eigenvalue weighted by molar-refractivity contribution is -0.128. The van der Waals surface area contributed by atoms with Crippen LogP contribution in [-0.2, 0) is 11.2 Å². The maximum absolute atomic E-state index is 12.4. The molecule has 2 aliphatic rings. The second kappa shape index (κ2) is 5.83. The van der Waals surface area contributed by atoms with Crippen molar-refractivity contribution >= 4 is 11.6 Å². The summed E-state index contributed by atoms with van der Waals surface area (Å²) < 4.78 is 0. The number of rotatable bonds is 3. The SMILES string of the molecule is NCC1CCc2ccccc2N1CC(=O)N1CCCC1. The Morgan fingerprint density at radius 1 is 1.25 bits per heavy atom. The van der Waals surface area contributed by atoms with Crippen LogP contribution in [0.4, 0.5) is 5.69 Å². The molecule has 1 amide bonds. The number of benzene rings is 1. The molecule has 1 unspecified atom stereocenters. The third-order valence-corrected chi connectivity index (χ3v) is 4.53. The number of aryl methyl sites for hydroxylation is 1. The number of hydrogen-bond donors (Lipinski definition) is 1. The molecule has 0 aliphatic carbocycles. The maximum Gasteiger partial charge on any atom is 0.242 e. The Kier molecular flexibility index (Phi) is 3.92. The lowest BCUT2D eigenvalue weighted by Crippen LogP contribution is -2.49. The van der Waals surface area contributed by atoms with Crippen LogP contribution in [0.1, 0.15) is 24.8 Å². The molecule has 20 heavy (non-hydrogen) atoms. The molecule has 0 bridgehead atoms. The van der Waals surface area contributed by atoms with Gasteiger partial charge in [0.2, 0.25) is 5.91 Å². The van der Waals surface area contributed by atoms with Gasteiger partial charge in [-0.2, -0.15) is 0 Å². The van der Waals surface area contributed by atoms with Crippen molar-refractivity contribution in [3.63, 3.8) is 0 Å². The van der Waals surface area contributed by atoms with E-state index in [2.05, 4.69) is 23.1 Å². The second-order valence-corrected chi connectivity index (χ2v) is 5.77. The van der Waals surface area contributed by atoms with Crippen molar-refractivity contribution in [1.29, 1.82) is 0 Å². The van der Waals surface area contributed by atoms with Crippen LogP contribution in [0.5, 0.6) is 0 Å². The van der Waals surface area contributed by atoms with Crippen molar-refractivity contribution in [3.8, 4) is 0 Å². The van der Waals surface area contributed by atoms with E-state index in [4.69, 9.17) is 5.73 Å². The number of para-hydroxylation sites is 1. The number of carbonyl (C=O) groups is 1. The zero-order valence-corrected chi connectivity index (χ0v) is 11.9. The monoisotopic (exact) mass is 273 g/mol. The minimum atomic E-state index is 0.248. The van der Waals surface area contributed by atoms with Crippen LogP contribution >= 0.6 is 0 Å². The average Bonchev–Trinajstić information content (AvgIpc) is 3.02. The van der Waals surface area contributed by atoms with E-state index in [1.165, 1.54) is 11.3 Å². The number of hydrogen-bond acceptors (Lipinski definition) is 3. The predicted octanol–water partition coefficient (Wildman–Crippen LogP) is 1.39. The Balaban J connectivity index is 1.79. The largest absolute Gasteiger partial charge is 0.358 e. The molecule has 2 heterocycles. The van der Waals surface area contributed by atoms with Crippen LogP contribution < -0.4 is 10.6 Å². The molecule has 1 aromatic rings. The second-order valence-electron chi connectivity index (χ2n) is 5.77. The molecule has 0 spiro atoms. The van der Waals surface area contributed by atoms with E-state index in [1.54, 1.807) is 0 Å². The van der Waals surface area contributed by atoms with Crippen LogP contribution in [0.3, 0.4) is 0 Å². The molecule has 108 valence electrons. The van der Waals surface area contributed by atoms with E-state index >= 15 is 0 Å². The van der Waals surface area contributed by atoms with E-state index in [1.807, 2.05) is 11.0 Å². The fourth-order valence-corrected chi connectivity index (χ4v) is 3.35. The number of fused-ring (bicyclic) bond motifs is 1. The summed E-state index contributed by atoms with van der Waals surface area (Å²) >= 11 is 0. The minimum Gasteiger partial charge on any atom is -0.358 e. The highest BCUT2D eigenvalue weighted by atomic mass is 16.2. The molecule has 0 aromatic heterocycles. The zero-order valence-electron chi connectivity index (χ0n) is 11.9. The van der Waals surface area contributed by atoms with Crippen LogP contribution in [-0.4, -0.2) is 43.0 Å². The van der Waals surface area contributed by atoms with Crippen molar-refractivity contribution in [2.24, 2.45) is 5.73 Å². The number of carbonyl (C=O) groups excluding carboxylic acids is 1. The Morgan fingerprint density at radius 3 is 2.75 bits per heavy atom. The molecule has 0 radical (unpaired) electrons. The lowest BCUT2D eigenvalue weighted by atomic mass is 9.95. The van der Waals surface area contributed by atoms with Crippen LogP contribution in [0.15, 0.2) is 24.3 Å². The summed E-state index contributed by atoms with van der Waals surface area (Å²) in [4.78, 5) is 16.6. The van der Waals surface area contributed by atoms with Gasteiger partial charge in [-0.15, -0.1) is 0 Å². The number of amides is 1. The van der Waals surface area contributed by atoms with Crippen molar-refractivity contribution < 1.29 is 4.79 Å². The Hall–Kier alpha value is -1.55. The smallest absolute Gasteiger partial charge is 0.242 e. The van der Waals surface area contributed by atoms with Crippen LogP contribution in [0.25, 0.3) is 0 Å². The van der Waals surface area contributed by atoms with E-state index in [-0.39, 0.29) is 11.9 Å². The van der Waals surface area contributed by atoms with Gasteiger partial charge in [-0.1, -0.05) is 18.2 Å². The van der Waals surface area contributed by atoms with Gasteiger partial charge in [-0.3, -0.25) is 4.79 Å². The van der Waals surface area contributed by atoms with E-state index in [9.17, 15) is 4.79 Å². The van der Waals surface area contributed by atoms with Crippen molar-refractivity contribution in [2.45, 2.75) is 31.7 Å². The van der Waals surface area contributed by atoms with Gasteiger partial charge in [0.15, 0.2) is 0 Å². The topological polar surface area (TPSA) is 49.6 Å². The number of nitrogens with two attached hydrogens (primary N) is 1. The van der Waals surface area contributed by atoms with E-state index < -0.39 is 0 Å². The van der Waals surface area contributed by atoms with E-state index in [0.29, 0.717) is 13.1 Å². The molecule has 4 nitrogen and oxygen atoms in total. The number of anilines is 1. The standard InChI is InChI=1S/C16H23N3O/c17-11-14-8-7-13-5-1-2-6-15(13)19(14)12-16(20)18-9-3-4-10-18/h1-2,5-6,14H,3-4,7-12,17H2. The first-order chi connectivity index (χ1) is 9.79. The van der Waals surface area contributed by atoms with Crippen LogP contribution in [0.2, 0.25) is 0 Å². The highest BCUT2D eigenvalue weighted by molar-refractivity contribution is 5.82. The molecule has 1 aromatic carbocycles. The first-order valence-electron chi connectivity index (χ1n) is 7.62. The summed E-state index contributed by atoms with van der Waals surface area (Å²) in [6, 6.07) is 8.69. The normalized spacial score (nSPS) is 21.9. The predicted molar refractivity (Wildman–Crippen MR) is 80.8 cm³/mol. The van der Waals surface area contributed by atoms with Gasteiger partial charge < -0.3 is 15.5 Å². The Bertz CT molecular complexity index is 482. The molecular formula is C16H23N3O. The van der Waals surface area contributed by atoms with Gasteiger partial charge >= 0.3 is 0 Å². The molecule has 0 saturated carbocycles. The van der Waals surface area contributed by atoms with Gasteiger partial charge in [0.25, 0.3) is 0 Å². The molecule has 1 saturated heterocycles. The first kappa shape index (κ1) is 13.4. The summed E-state index contributed by atoms with van der Waals surface area (Å²) in [5, 5.41) is 0. The van der Waals surface area contributed by atoms with Gasteiger partial charge in [0, 0.05) is 31.4 Å². The summed E-state index contributed by atoms with van der Waals surface area (Å²) in [6.07, 6.45) is 4.39.